The first-order chi connectivity index (χ1) is 8.55. The molecule has 1 fully saturated rings. The van der Waals surface area contributed by atoms with Crippen LogP contribution in [0.15, 0.2) is 24.3 Å². The van der Waals surface area contributed by atoms with E-state index in [-0.39, 0.29) is 0 Å². The number of rotatable bonds is 3. The summed E-state index contributed by atoms with van der Waals surface area (Å²) in [6, 6.07) is 5.47. The quantitative estimate of drug-likeness (QED) is 0.893. The fraction of sp³-hybridized carbons (Fsp3) is 0.538. The van der Waals surface area contributed by atoms with E-state index in [0.29, 0.717) is 0 Å². The van der Waals surface area contributed by atoms with Crippen LogP contribution in [0.1, 0.15) is 11.1 Å². The minimum absolute atomic E-state index is 0.576. The van der Waals surface area contributed by atoms with Gasteiger partial charge in [0.05, 0.1) is 5.56 Å². The molecule has 1 aromatic rings. The lowest BCUT2D eigenvalue weighted by molar-refractivity contribution is -0.137. The molecular formula is C13H17F3N2. The van der Waals surface area contributed by atoms with Gasteiger partial charge < -0.3 is 10.2 Å². The smallest absolute Gasteiger partial charge is 0.314 e. The molecule has 0 aromatic heterocycles. The van der Waals surface area contributed by atoms with Crippen LogP contribution in [0.2, 0.25) is 0 Å². The Bertz CT molecular complexity index is 367. The molecule has 0 atom stereocenters. The molecule has 1 N–H and O–H groups in total. The van der Waals surface area contributed by atoms with Crippen molar-refractivity contribution in [2.75, 3.05) is 32.7 Å². The third-order valence-electron chi connectivity index (χ3n) is 3.21. The highest BCUT2D eigenvalue weighted by atomic mass is 19.4. The SMILES string of the molecule is FC(F)(F)c1ccc(CCN2CCNCC2)cc1. The van der Waals surface area contributed by atoms with Gasteiger partial charge in [-0.05, 0) is 24.1 Å². The van der Waals surface area contributed by atoms with Crippen LogP contribution in [-0.2, 0) is 12.6 Å². The number of alkyl halides is 3. The lowest BCUT2D eigenvalue weighted by atomic mass is 10.1. The van der Waals surface area contributed by atoms with Crippen LogP contribution in [0, 0.1) is 0 Å². The number of nitrogens with one attached hydrogen (secondary N) is 1. The molecule has 5 heteroatoms. The highest BCUT2D eigenvalue weighted by Crippen LogP contribution is 2.29. The van der Waals surface area contributed by atoms with E-state index in [1.807, 2.05) is 0 Å². The van der Waals surface area contributed by atoms with E-state index in [2.05, 4.69) is 10.2 Å². The van der Waals surface area contributed by atoms with E-state index in [9.17, 15) is 13.2 Å². The van der Waals surface area contributed by atoms with Crippen molar-refractivity contribution >= 4 is 0 Å². The number of benzene rings is 1. The zero-order valence-electron chi connectivity index (χ0n) is 10.1. The van der Waals surface area contributed by atoms with E-state index in [4.69, 9.17) is 0 Å². The van der Waals surface area contributed by atoms with Gasteiger partial charge in [0.1, 0.15) is 0 Å². The summed E-state index contributed by atoms with van der Waals surface area (Å²) in [5.74, 6) is 0. The van der Waals surface area contributed by atoms with Gasteiger partial charge in [-0.2, -0.15) is 13.2 Å². The average molecular weight is 258 g/mol. The van der Waals surface area contributed by atoms with E-state index >= 15 is 0 Å². The molecule has 0 amide bonds. The predicted octanol–water partition coefficient (Wildman–Crippen LogP) is 2.15. The summed E-state index contributed by atoms with van der Waals surface area (Å²) in [4.78, 5) is 2.33. The lowest BCUT2D eigenvalue weighted by Crippen LogP contribution is -2.44. The summed E-state index contributed by atoms with van der Waals surface area (Å²) in [7, 11) is 0. The minimum atomic E-state index is -4.24. The second kappa shape index (κ2) is 5.71. The Morgan fingerprint density at radius 2 is 1.67 bits per heavy atom. The van der Waals surface area contributed by atoms with Gasteiger partial charge in [0.2, 0.25) is 0 Å². The maximum atomic E-state index is 12.4. The number of hydrogen-bond acceptors (Lipinski definition) is 2. The molecule has 1 aromatic carbocycles. The second-order valence-corrected chi connectivity index (χ2v) is 4.54. The summed E-state index contributed by atoms with van der Waals surface area (Å²) in [6.45, 7) is 4.92. The van der Waals surface area contributed by atoms with Crippen LogP contribution < -0.4 is 5.32 Å². The molecule has 2 nitrogen and oxygen atoms in total. The molecule has 0 unspecified atom stereocenters. The maximum absolute atomic E-state index is 12.4. The summed E-state index contributed by atoms with van der Waals surface area (Å²) < 4.78 is 37.1. The molecule has 0 bridgehead atoms. The van der Waals surface area contributed by atoms with E-state index < -0.39 is 11.7 Å². The van der Waals surface area contributed by atoms with E-state index in [1.165, 1.54) is 0 Å². The van der Waals surface area contributed by atoms with Crippen molar-refractivity contribution in [1.82, 2.24) is 10.2 Å². The van der Waals surface area contributed by atoms with Gasteiger partial charge in [0.15, 0.2) is 0 Å². The Morgan fingerprint density at radius 1 is 1.06 bits per heavy atom. The van der Waals surface area contributed by atoms with Crippen molar-refractivity contribution in [2.24, 2.45) is 0 Å². The topological polar surface area (TPSA) is 15.3 Å². The molecule has 0 aliphatic carbocycles. The van der Waals surface area contributed by atoms with Crippen molar-refractivity contribution in [3.8, 4) is 0 Å². The van der Waals surface area contributed by atoms with E-state index in [0.717, 1.165) is 56.8 Å². The molecule has 2 rings (SSSR count). The highest BCUT2D eigenvalue weighted by Gasteiger charge is 2.29. The molecule has 1 heterocycles. The van der Waals surface area contributed by atoms with Crippen molar-refractivity contribution in [3.63, 3.8) is 0 Å². The van der Waals surface area contributed by atoms with E-state index in [1.54, 1.807) is 12.1 Å². The molecule has 1 saturated heterocycles. The Kier molecular flexibility index (Phi) is 4.24. The van der Waals surface area contributed by atoms with Crippen LogP contribution in [-0.4, -0.2) is 37.6 Å². The molecule has 100 valence electrons. The molecule has 1 aliphatic rings. The number of piperazine rings is 1. The molecule has 1 aliphatic heterocycles. The number of halogens is 3. The molecule has 0 radical (unpaired) electrons. The Balaban J connectivity index is 1.86. The van der Waals surface area contributed by atoms with Crippen LogP contribution in [0.3, 0.4) is 0 Å². The Labute approximate surface area is 105 Å². The summed E-state index contributed by atoms with van der Waals surface area (Å²) >= 11 is 0. The molecule has 0 saturated carbocycles. The van der Waals surface area contributed by atoms with Crippen molar-refractivity contribution in [1.29, 1.82) is 0 Å². The minimum Gasteiger partial charge on any atom is -0.314 e. The first-order valence-corrected chi connectivity index (χ1v) is 6.15. The fourth-order valence-electron chi connectivity index (χ4n) is 2.08. The third-order valence-corrected chi connectivity index (χ3v) is 3.21. The fourth-order valence-corrected chi connectivity index (χ4v) is 2.08. The third kappa shape index (κ3) is 3.71. The number of hydrogen-bond donors (Lipinski definition) is 1. The summed E-state index contributed by atoms with van der Waals surface area (Å²) in [5, 5.41) is 3.27. The van der Waals surface area contributed by atoms with Gasteiger partial charge in [-0.25, -0.2) is 0 Å². The van der Waals surface area contributed by atoms with Crippen molar-refractivity contribution in [3.05, 3.63) is 35.4 Å². The van der Waals surface area contributed by atoms with Gasteiger partial charge >= 0.3 is 6.18 Å². The first kappa shape index (κ1) is 13.4. The van der Waals surface area contributed by atoms with Crippen LogP contribution >= 0.6 is 0 Å². The zero-order valence-corrected chi connectivity index (χ0v) is 10.1. The van der Waals surface area contributed by atoms with Gasteiger partial charge in [0, 0.05) is 32.7 Å². The Morgan fingerprint density at radius 3 is 2.22 bits per heavy atom. The van der Waals surface area contributed by atoms with Gasteiger partial charge in [-0.3, -0.25) is 0 Å². The Hall–Kier alpha value is -1.07. The molecule has 0 spiro atoms. The highest BCUT2D eigenvalue weighted by molar-refractivity contribution is 5.24. The lowest BCUT2D eigenvalue weighted by Gasteiger charge is -2.27. The second-order valence-electron chi connectivity index (χ2n) is 4.54. The van der Waals surface area contributed by atoms with Gasteiger partial charge in [-0.15, -0.1) is 0 Å². The normalized spacial score (nSPS) is 17.9. The molecule has 18 heavy (non-hydrogen) atoms. The molecular weight excluding hydrogens is 241 g/mol. The maximum Gasteiger partial charge on any atom is 0.416 e. The monoisotopic (exact) mass is 258 g/mol. The van der Waals surface area contributed by atoms with Crippen LogP contribution in [0.5, 0.6) is 0 Å². The van der Waals surface area contributed by atoms with Crippen molar-refractivity contribution < 1.29 is 13.2 Å². The van der Waals surface area contributed by atoms with Gasteiger partial charge in [0.25, 0.3) is 0 Å². The zero-order chi connectivity index (χ0) is 13.0. The predicted molar refractivity (Wildman–Crippen MR) is 64.5 cm³/mol. The first-order valence-electron chi connectivity index (χ1n) is 6.15. The van der Waals surface area contributed by atoms with Gasteiger partial charge in [-0.1, -0.05) is 12.1 Å². The number of nitrogens with zero attached hydrogens (tertiary/aromatic N) is 1. The summed E-state index contributed by atoms with van der Waals surface area (Å²) in [5.41, 5.74) is 0.384. The average Bonchev–Trinajstić information content (AvgIpc) is 2.37. The standard InChI is InChI=1S/C13H17F3N2/c14-13(15,16)12-3-1-11(2-4-12)5-8-18-9-6-17-7-10-18/h1-4,17H,5-10H2. The summed E-state index contributed by atoms with van der Waals surface area (Å²) in [6.07, 6.45) is -3.44. The largest absolute Gasteiger partial charge is 0.416 e. The van der Waals surface area contributed by atoms with Crippen molar-refractivity contribution in [2.45, 2.75) is 12.6 Å². The van der Waals surface area contributed by atoms with Crippen LogP contribution in [0.4, 0.5) is 13.2 Å². The van der Waals surface area contributed by atoms with Crippen LogP contribution in [0.25, 0.3) is 0 Å².